The first-order valence-corrected chi connectivity index (χ1v) is 6.67. The minimum atomic E-state index is -0.441. The van der Waals surface area contributed by atoms with Gasteiger partial charge in [-0.3, -0.25) is 0 Å². The lowest BCUT2D eigenvalue weighted by Gasteiger charge is -2.46. The van der Waals surface area contributed by atoms with E-state index in [9.17, 15) is 5.26 Å². The van der Waals surface area contributed by atoms with Gasteiger partial charge in [-0.2, -0.15) is 5.26 Å². The van der Waals surface area contributed by atoms with E-state index in [1.807, 2.05) is 38.1 Å². The van der Waals surface area contributed by atoms with Gasteiger partial charge in [-0.05, 0) is 19.9 Å². The molecule has 2 atom stereocenters. The zero-order valence-electron chi connectivity index (χ0n) is 11.8. The summed E-state index contributed by atoms with van der Waals surface area (Å²) in [6.45, 7) is 4.56. The maximum atomic E-state index is 9.52. The van der Waals surface area contributed by atoms with Crippen LogP contribution in [0.2, 0.25) is 0 Å². The first kappa shape index (κ1) is 12.9. The van der Waals surface area contributed by atoms with Crippen LogP contribution >= 0.6 is 0 Å². The molecule has 0 fully saturated rings. The van der Waals surface area contributed by atoms with Crippen LogP contribution in [-0.2, 0) is 9.47 Å². The summed E-state index contributed by atoms with van der Waals surface area (Å²) >= 11 is 0. The van der Waals surface area contributed by atoms with Crippen molar-refractivity contribution in [3.63, 3.8) is 0 Å². The summed E-state index contributed by atoms with van der Waals surface area (Å²) in [6.07, 6.45) is 0. The largest absolute Gasteiger partial charge is 0.493 e. The Morgan fingerprint density at radius 3 is 2.80 bits per heavy atom. The van der Waals surface area contributed by atoms with Crippen molar-refractivity contribution in [3.8, 4) is 11.8 Å². The highest BCUT2D eigenvalue weighted by molar-refractivity contribution is 5.48. The minimum absolute atomic E-state index is 0.0383. The molecule has 4 heteroatoms. The van der Waals surface area contributed by atoms with Gasteiger partial charge >= 0.3 is 0 Å². The molecule has 4 nitrogen and oxygen atoms in total. The molecule has 2 aliphatic heterocycles. The number of hydrogen-bond donors (Lipinski definition) is 0. The van der Waals surface area contributed by atoms with E-state index in [0.29, 0.717) is 18.1 Å². The molecule has 0 saturated heterocycles. The van der Waals surface area contributed by atoms with Gasteiger partial charge in [0.15, 0.2) is 0 Å². The molecule has 2 heterocycles. The highest BCUT2D eigenvalue weighted by atomic mass is 16.7. The average molecular weight is 271 g/mol. The van der Waals surface area contributed by atoms with Crippen LogP contribution in [-0.4, -0.2) is 19.3 Å². The number of fused-ring (bicyclic) bond motifs is 3. The van der Waals surface area contributed by atoms with E-state index in [1.54, 1.807) is 0 Å². The van der Waals surface area contributed by atoms with Gasteiger partial charge in [0.1, 0.15) is 23.0 Å². The Bertz CT molecular complexity index is 612. The van der Waals surface area contributed by atoms with Crippen LogP contribution in [0.5, 0.6) is 5.75 Å². The van der Waals surface area contributed by atoms with E-state index in [2.05, 4.69) is 6.07 Å². The summed E-state index contributed by atoms with van der Waals surface area (Å²) in [6, 6.07) is 10.1. The van der Waals surface area contributed by atoms with Crippen molar-refractivity contribution in [1.29, 1.82) is 5.26 Å². The Balaban J connectivity index is 2.21. The molecule has 1 aromatic carbocycles. The topological polar surface area (TPSA) is 51.5 Å². The van der Waals surface area contributed by atoms with Gasteiger partial charge in [-0.1, -0.05) is 18.2 Å². The van der Waals surface area contributed by atoms with Gasteiger partial charge in [0, 0.05) is 17.4 Å². The Morgan fingerprint density at radius 2 is 2.10 bits per heavy atom. The molecule has 1 aromatic rings. The van der Waals surface area contributed by atoms with Gasteiger partial charge in [-0.25, -0.2) is 0 Å². The zero-order valence-corrected chi connectivity index (χ0v) is 11.8. The van der Waals surface area contributed by atoms with Crippen LogP contribution in [0.15, 0.2) is 35.8 Å². The molecular formula is C16H17NO3. The van der Waals surface area contributed by atoms with Crippen LogP contribution in [0.25, 0.3) is 0 Å². The zero-order chi connectivity index (χ0) is 14.3. The maximum Gasteiger partial charge on any atom is 0.294 e. The average Bonchev–Trinajstić information content (AvgIpc) is 2.46. The van der Waals surface area contributed by atoms with Crippen LogP contribution < -0.4 is 4.74 Å². The molecule has 104 valence electrons. The number of allylic oxidation sites excluding steroid dienone is 1. The molecule has 0 amide bonds. The number of benzene rings is 1. The summed E-state index contributed by atoms with van der Waals surface area (Å²) in [5.41, 5.74) is 1.14. The van der Waals surface area contributed by atoms with E-state index < -0.39 is 5.60 Å². The molecule has 0 N–H and O–H groups in total. The van der Waals surface area contributed by atoms with Crippen molar-refractivity contribution >= 4 is 0 Å². The van der Waals surface area contributed by atoms with Crippen molar-refractivity contribution < 1.29 is 14.2 Å². The Morgan fingerprint density at radius 1 is 1.35 bits per heavy atom. The van der Waals surface area contributed by atoms with Crippen molar-refractivity contribution in [2.45, 2.75) is 25.4 Å². The quantitative estimate of drug-likeness (QED) is 0.788. The number of nitriles is 1. The van der Waals surface area contributed by atoms with Gasteiger partial charge in [0.05, 0.1) is 13.7 Å². The first-order chi connectivity index (χ1) is 9.58. The number of methoxy groups -OCH3 is 1. The summed E-state index contributed by atoms with van der Waals surface area (Å²) in [4.78, 5) is 0. The Labute approximate surface area is 118 Å². The predicted molar refractivity (Wildman–Crippen MR) is 73.0 cm³/mol. The molecule has 2 aliphatic rings. The third-order valence-electron chi connectivity index (χ3n) is 4.16. The normalized spacial score (nSPS) is 26.5. The van der Waals surface area contributed by atoms with Crippen LogP contribution in [0.4, 0.5) is 0 Å². The lowest BCUT2D eigenvalue weighted by molar-refractivity contribution is -0.110. The van der Waals surface area contributed by atoms with E-state index in [0.717, 1.165) is 11.3 Å². The second kappa shape index (κ2) is 4.45. The van der Waals surface area contributed by atoms with Crippen LogP contribution in [0, 0.1) is 17.2 Å². The number of ether oxygens (including phenoxy) is 3. The molecule has 0 spiro atoms. The van der Waals surface area contributed by atoms with Gasteiger partial charge in [0.2, 0.25) is 0 Å². The second-order valence-electron chi connectivity index (χ2n) is 5.66. The molecule has 0 radical (unpaired) electrons. The highest BCUT2D eigenvalue weighted by Gasteiger charge is 2.49. The smallest absolute Gasteiger partial charge is 0.294 e. The van der Waals surface area contributed by atoms with Crippen molar-refractivity contribution in [2.24, 2.45) is 5.92 Å². The molecular weight excluding hydrogens is 254 g/mol. The summed E-state index contributed by atoms with van der Waals surface area (Å²) in [5, 5.41) is 9.52. The fourth-order valence-corrected chi connectivity index (χ4v) is 3.08. The van der Waals surface area contributed by atoms with E-state index in [-0.39, 0.29) is 11.8 Å². The van der Waals surface area contributed by atoms with Gasteiger partial charge < -0.3 is 14.2 Å². The molecule has 0 unspecified atom stereocenters. The second-order valence-corrected chi connectivity index (χ2v) is 5.66. The Hall–Kier alpha value is -2.15. The lowest BCUT2D eigenvalue weighted by Crippen LogP contribution is -2.47. The molecule has 0 saturated carbocycles. The third kappa shape index (κ3) is 1.74. The maximum absolute atomic E-state index is 9.52. The summed E-state index contributed by atoms with van der Waals surface area (Å²) in [5.74, 6) is 1.22. The van der Waals surface area contributed by atoms with Gasteiger partial charge in [-0.15, -0.1) is 0 Å². The highest BCUT2D eigenvalue weighted by Crippen LogP contribution is 2.50. The fraction of sp³-hybridized carbons (Fsp3) is 0.438. The fourth-order valence-electron chi connectivity index (χ4n) is 3.08. The monoisotopic (exact) mass is 271 g/mol. The first-order valence-electron chi connectivity index (χ1n) is 6.67. The van der Waals surface area contributed by atoms with Crippen molar-refractivity contribution in [1.82, 2.24) is 0 Å². The molecule has 3 rings (SSSR count). The van der Waals surface area contributed by atoms with E-state index in [4.69, 9.17) is 14.2 Å². The number of hydrogen-bond acceptors (Lipinski definition) is 4. The number of nitrogens with zero attached hydrogens (tertiary/aromatic N) is 1. The Kier molecular flexibility index (Phi) is 2.86. The SMILES string of the molecule is COC1=C(C#N)[C@@H]2c3ccccc3OC[C@@H]2C(C)(C)O1. The molecule has 0 bridgehead atoms. The summed E-state index contributed by atoms with van der Waals surface area (Å²) < 4.78 is 17.0. The minimum Gasteiger partial charge on any atom is -0.493 e. The lowest BCUT2D eigenvalue weighted by atomic mass is 9.71. The van der Waals surface area contributed by atoms with Crippen LogP contribution in [0.3, 0.4) is 0 Å². The van der Waals surface area contributed by atoms with E-state index >= 15 is 0 Å². The van der Waals surface area contributed by atoms with Crippen molar-refractivity contribution in [2.75, 3.05) is 13.7 Å². The number of para-hydroxylation sites is 1. The standard InChI is InChI=1S/C16H17NO3/c1-16(2)12-9-19-13-7-5-4-6-10(13)14(12)11(8-17)15(18-3)20-16/h4-7,12,14H,9H2,1-3H3/t12-,14-/m0/s1. The molecule has 0 aromatic heterocycles. The predicted octanol–water partition coefficient (Wildman–Crippen LogP) is 2.97. The molecule has 20 heavy (non-hydrogen) atoms. The van der Waals surface area contributed by atoms with Gasteiger partial charge in [0.25, 0.3) is 5.95 Å². The van der Waals surface area contributed by atoms with E-state index in [1.165, 1.54) is 7.11 Å². The van der Waals surface area contributed by atoms with Crippen molar-refractivity contribution in [3.05, 3.63) is 41.3 Å². The molecule has 0 aliphatic carbocycles. The summed E-state index contributed by atoms with van der Waals surface area (Å²) in [7, 11) is 1.54. The number of rotatable bonds is 1. The third-order valence-corrected chi connectivity index (χ3v) is 4.16. The van der Waals surface area contributed by atoms with Crippen LogP contribution in [0.1, 0.15) is 25.3 Å².